The van der Waals surface area contributed by atoms with E-state index in [0.29, 0.717) is 42.3 Å². The van der Waals surface area contributed by atoms with Gasteiger partial charge in [0.15, 0.2) is 5.65 Å². The molecule has 2 amide bonds. The van der Waals surface area contributed by atoms with Crippen molar-refractivity contribution in [1.82, 2.24) is 25.2 Å². The van der Waals surface area contributed by atoms with Gasteiger partial charge in [-0.3, -0.25) is 9.59 Å². The van der Waals surface area contributed by atoms with E-state index in [4.69, 9.17) is 0 Å². The van der Waals surface area contributed by atoms with Crippen molar-refractivity contribution in [2.24, 2.45) is 23.2 Å². The fourth-order valence-electron chi connectivity index (χ4n) is 7.21. The summed E-state index contributed by atoms with van der Waals surface area (Å²) >= 11 is 0. The number of aromatic carboxylic acids is 1. The van der Waals surface area contributed by atoms with Gasteiger partial charge in [0.2, 0.25) is 0 Å². The smallest absolute Gasteiger partial charge is 0.335 e. The van der Waals surface area contributed by atoms with Gasteiger partial charge >= 0.3 is 5.97 Å². The second-order valence-corrected chi connectivity index (χ2v) is 11.7. The van der Waals surface area contributed by atoms with Crippen molar-refractivity contribution >= 4 is 23.4 Å². The number of carboxylic acids is 1. The molecule has 0 aliphatic heterocycles. The number of aromatic nitrogens is 3. The summed E-state index contributed by atoms with van der Waals surface area (Å²) < 4.78 is 1.44. The van der Waals surface area contributed by atoms with Crippen LogP contribution in [0.3, 0.4) is 0 Å². The molecule has 0 saturated heterocycles. The Kier molecular flexibility index (Phi) is 5.77. The van der Waals surface area contributed by atoms with Crippen molar-refractivity contribution < 1.29 is 19.5 Å². The molecule has 1 unspecified atom stereocenters. The maximum Gasteiger partial charge on any atom is 0.335 e. The lowest BCUT2D eigenvalue weighted by atomic mass is 9.45. The van der Waals surface area contributed by atoms with Crippen molar-refractivity contribution in [3.05, 3.63) is 64.1 Å². The number of carbonyl (C=O) groups is 3. The lowest BCUT2D eigenvalue weighted by Crippen LogP contribution is -2.54. The molecule has 3 N–H and O–H groups in total. The van der Waals surface area contributed by atoms with E-state index < -0.39 is 5.97 Å². The molecule has 4 aliphatic carbocycles. The summed E-state index contributed by atoms with van der Waals surface area (Å²) in [4.78, 5) is 42.6. The van der Waals surface area contributed by atoms with Crippen LogP contribution in [0.2, 0.25) is 0 Å². The number of carboxylic acid groups (broad SMARTS) is 1. The summed E-state index contributed by atoms with van der Waals surface area (Å²) in [6, 6.07) is 6.31. The molecule has 198 valence electrons. The molecule has 3 fully saturated rings. The second kappa shape index (κ2) is 8.92. The van der Waals surface area contributed by atoms with E-state index in [1.807, 2.05) is 6.92 Å². The number of carbonyl (C=O) groups excluding carboxylic acids is 2. The van der Waals surface area contributed by atoms with E-state index in [9.17, 15) is 19.5 Å². The summed E-state index contributed by atoms with van der Waals surface area (Å²) in [5, 5.41) is 19.8. The number of hydrogen-bond acceptors (Lipinski definition) is 5. The highest BCUT2D eigenvalue weighted by Gasteiger charge is 2.53. The first-order valence-corrected chi connectivity index (χ1v) is 13.4. The van der Waals surface area contributed by atoms with E-state index in [2.05, 4.69) is 34.6 Å². The number of benzene rings is 1. The zero-order valence-corrected chi connectivity index (χ0v) is 22.0. The van der Waals surface area contributed by atoms with E-state index in [0.717, 1.165) is 29.0 Å². The Labute approximate surface area is 221 Å². The monoisotopic (exact) mass is 515 g/mol. The van der Waals surface area contributed by atoms with E-state index in [1.165, 1.54) is 23.4 Å². The van der Waals surface area contributed by atoms with Gasteiger partial charge in [0.25, 0.3) is 11.8 Å². The SMILES string of the molecule is Cc1c(C(=O)O)ccc2c1CC[C@@H]2NC(=O)c1cc(C(=O)NCC2CC[C@H]3C[C@@H]2C3(C)C)nc2ccnn12. The fraction of sp³-hybridized carbons (Fsp3) is 0.483. The van der Waals surface area contributed by atoms with Crippen LogP contribution in [0.1, 0.15) is 93.6 Å². The molecule has 3 aromatic rings. The molecule has 2 aromatic heterocycles. The standard InChI is InChI=1S/C29H33N5O4/c1-15-18-8-9-22(20(18)7-6-19(15)28(37)38)33-27(36)24-13-23(32-25-10-11-31-34(24)25)26(35)30-14-16-4-5-17-12-21(16)29(17,2)3/h6-7,10-11,13,16-17,21-22H,4-5,8-9,12,14H2,1-3H3,(H,30,35)(H,33,36)(H,37,38)/t16?,17-,21-,22-/m0/s1. The molecule has 7 rings (SSSR count). The average Bonchev–Trinajstić information content (AvgIpc) is 3.54. The minimum atomic E-state index is -0.953. The van der Waals surface area contributed by atoms with Crippen molar-refractivity contribution in [1.29, 1.82) is 0 Å². The zero-order chi connectivity index (χ0) is 26.8. The van der Waals surface area contributed by atoms with Crippen molar-refractivity contribution in [2.45, 2.75) is 58.9 Å². The Morgan fingerprint density at radius 3 is 2.68 bits per heavy atom. The highest BCUT2D eigenvalue weighted by molar-refractivity contribution is 5.98. The number of amides is 2. The van der Waals surface area contributed by atoms with Crippen LogP contribution in [0.5, 0.6) is 0 Å². The molecule has 0 radical (unpaired) electrons. The van der Waals surface area contributed by atoms with Crippen LogP contribution in [0.25, 0.3) is 5.65 Å². The summed E-state index contributed by atoms with van der Waals surface area (Å²) in [5.41, 5.74) is 4.13. The molecular weight excluding hydrogens is 482 g/mol. The van der Waals surface area contributed by atoms with E-state index in [1.54, 1.807) is 24.4 Å². The third kappa shape index (κ3) is 3.87. The molecule has 0 spiro atoms. The Morgan fingerprint density at radius 2 is 1.95 bits per heavy atom. The van der Waals surface area contributed by atoms with Gasteiger partial charge in [-0.15, -0.1) is 0 Å². The van der Waals surface area contributed by atoms with Gasteiger partial charge in [-0.1, -0.05) is 19.9 Å². The quantitative estimate of drug-likeness (QED) is 0.456. The minimum absolute atomic E-state index is 0.193. The number of hydrogen-bond donors (Lipinski definition) is 3. The Morgan fingerprint density at radius 1 is 1.13 bits per heavy atom. The molecule has 3 saturated carbocycles. The molecule has 1 aromatic carbocycles. The third-order valence-electron chi connectivity index (χ3n) is 9.58. The second-order valence-electron chi connectivity index (χ2n) is 11.7. The maximum atomic E-state index is 13.5. The van der Waals surface area contributed by atoms with Gasteiger partial charge in [0.05, 0.1) is 17.8 Å². The van der Waals surface area contributed by atoms with Gasteiger partial charge in [0, 0.05) is 18.7 Å². The predicted octanol–water partition coefficient (Wildman–Crippen LogP) is 3.96. The molecule has 9 heteroatoms. The maximum absolute atomic E-state index is 13.5. The molecule has 4 aliphatic rings. The first-order chi connectivity index (χ1) is 18.1. The molecule has 2 bridgehead atoms. The van der Waals surface area contributed by atoms with E-state index >= 15 is 0 Å². The van der Waals surface area contributed by atoms with Crippen molar-refractivity contribution in [2.75, 3.05) is 6.54 Å². The molecule has 4 atom stereocenters. The summed E-state index contributed by atoms with van der Waals surface area (Å²) in [6.07, 6.45) is 6.52. The number of nitrogens with zero attached hydrogens (tertiary/aromatic N) is 3. The topological polar surface area (TPSA) is 126 Å². The Bertz CT molecular complexity index is 1470. The minimum Gasteiger partial charge on any atom is -0.478 e. The normalized spacial score (nSPS) is 24.9. The van der Waals surface area contributed by atoms with Crippen molar-refractivity contribution in [3.63, 3.8) is 0 Å². The van der Waals surface area contributed by atoms with Crippen LogP contribution in [0.15, 0.2) is 30.5 Å². The van der Waals surface area contributed by atoms with Crippen LogP contribution in [-0.2, 0) is 6.42 Å². The summed E-state index contributed by atoms with van der Waals surface area (Å²) in [5.74, 6) is 0.310. The Balaban J connectivity index is 1.20. The highest BCUT2D eigenvalue weighted by atomic mass is 16.4. The van der Waals surface area contributed by atoms with Crippen LogP contribution >= 0.6 is 0 Å². The van der Waals surface area contributed by atoms with Crippen molar-refractivity contribution in [3.8, 4) is 0 Å². The number of fused-ring (bicyclic) bond motifs is 4. The van der Waals surface area contributed by atoms with Gasteiger partial charge in [-0.05, 0) is 85.0 Å². The van der Waals surface area contributed by atoms with Gasteiger partial charge in [-0.2, -0.15) is 5.10 Å². The lowest BCUT2D eigenvalue weighted by Gasteiger charge is -2.60. The van der Waals surface area contributed by atoms with Crippen LogP contribution in [0, 0.1) is 30.1 Å². The van der Waals surface area contributed by atoms with Crippen LogP contribution < -0.4 is 10.6 Å². The third-order valence-corrected chi connectivity index (χ3v) is 9.58. The highest BCUT2D eigenvalue weighted by Crippen LogP contribution is 2.61. The fourth-order valence-corrected chi connectivity index (χ4v) is 7.21. The first-order valence-electron chi connectivity index (χ1n) is 13.4. The number of rotatable bonds is 6. The van der Waals surface area contributed by atoms with Gasteiger partial charge in [0.1, 0.15) is 11.4 Å². The Hall–Kier alpha value is -3.75. The van der Waals surface area contributed by atoms with Crippen LogP contribution in [-0.4, -0.2) is 44.0 Å². The van der Waals surface area contributed by atoms with Gasteiger partial charge in [-0.25, -0.2) is 14.3 Å². The largest absolute Gasteiger partial charge is 0.478 e. The lowest BCUT2D eigenvalue weighted by molar-refractivity contribution is -0.103. The number of nitrogens with one attached hydrogen (secondary N) is 2. The summed E-state index contributed by atoms with van der Waals surface area (Å²) in [7, 11) is 0. The molecule has 2 heterocycles. The predicted molar refractivity (Wildman–Crippen MR) is 140 cm³/mol. The zero-order valence-electron chi connectivity index (χ0n) is 22.0. The molecular formula is C29H33N5O4. The van der Waals surface area contributed by atoms with Gasteiger partial charge < -0.3 is 15.7 Å². The van der Waals surface area contributed by atoms with Crippen LogP contribution in [0.4, 0.5) is 0 Å². The van der Waals surface area contributed by atoms with E-state index in [-0.39, 0.29) is 34.8 Å². The molecule has 38 heavy (non-hydrogen) atoms. The summed E-state index contributed by atoms with van der Waals surface area (Å²) in [6.45, 7) is 7.11. The average molecular weight is 516 g/mol. The molecule has 9 nitrogen and oxygen atoms in total. The first kappa shape index (κ1) is 24.6.